The van der Waals surface area contributed by atoms with Gasteiger partial charge in [-0.1, -0.05) is 31.3 Å². The first-order chi connectivity index (χ1) is 5.70. The Morgan fingerprint density at radius 2 is 2.17 bits per heavy atom. The largest absolute Gasteiger partial charge is 0.592 e. The molecule has 0 N–H and O–H groups in total. The first-order valence-electron chi connectivity index (χ1n) is 3.96. The van der Waals surface area contributed by atoms with Crippen molar-refractivity contribution in [2.45, 2.75) is 26.7 Å². The predicted octanol–water partition coefficient (Wildman–Crippen LogP) is 1.37. The molecule has 0 spiro atoms. The Bertz CT molecular complexity index is 291. The van der Waals surface area contributed by atoms with Gasteiger partial charge in [0.25, 0.3) is 0 Å². The van der Waals surface area contributed by atoms with Gasteiger partial charge in [0.15, 0.2) is 0 Å². The Kier molecular flexibility index (Phi) is 3.46. The number of hydrogen-bond acceptors (Lipinski definition) is 2. The Balaban J connectivity index is 3.13. The lowest BCUT2D eigenvalue weighted by Crippen LogP contribution is -2.07. The van der Waals surface area contributed by atoms with Crippen LogP contribution in [0.2, 0.25) is 0 Å². The van der Waals surface area contributed by atoms with Gasteiger partial charge in [0.1, 0.15) is 0 Å². The zero-order chi connectivity index (χ0) is 9.14. The van der Waals surface area contributed by atoms with E-state index in [-0.39, 0.29) is 0 Å². The van der Waals surface area contributed by atoms with Crippen LogP contribution in [0.4, 0.5) is 0 Å². The van der Waals surface area contributed by atoms with Gasteiger partial charge in [-0.15, -0.1) is 11.4 Å². The zero-order valence-corrected chi connectivity index (χ0v) is 9.07. The highest BCUT2D eigenvalue weighted by molar-refractivity contribution is 7.47. The van der Waals surface area contributed by atoms with Crippen molar-refractivity contribution in [2.75, 3.05) is 0 Å². The van der Waals surface area contributed by atoms with E-state index in [9.17, 15) is 9.46 Å². The maximum absolute atomic E-state index is 10.7. The Hall–Kier alpha value is -0.160. The second kappa shape index (κ2) is 4.18. The molecular weight excluding hydrogens is 190 g/mol. The van der Waals surface area contributed by atoms with Gasteiger partial charge in [-0.05, 0) is 0 Å². The minimum atomic E-state index is -2.42. The first-order valence-corrected chi connectivity index (χ1v) is 6.14. The van der Waals surface area contributed by atoms with E-state index in [1.807, 2.05) is 6.92 Å². The van der Waals surface area contributed by atoms with E-state index in [0.717, 1.165) is 18.4 Å². The van der Waals surface area contributed by atoms with Gasteiger partial charge in [-0.2, -0.15) is 5.30 Å². The minimum absolute atomic E-state index is 0.447. The lowest BCUT2D eigenvalue weighted by atomic mass is 10.2. The topological polar surface area (TPSA) is 40.1 Å². The molecular formula is C8H11O2P2-. The Morgan fingerprint density at radius 3 is 2.58 bits per heavy atom. The third-order valence-electron chi connectivity index (χ3n) is 1.87. The molecule has 1 rings (SSSR count). The number of rotatable bonds is 3. The second-order valence-corrected chi connectivity index (χ2v) is 4.58. The van der Waals surface area contributed by atoms with Gasteiger partial charge in [-0.25, -0.2) is 0 Å². The average molecular weight is 201 g/mol. The molecule has 12 heavy (non-hydrogen) atoms. The maximum Gasteiger partial charge on any atom is 0.321 e. The molecule has 0 aliphatic heterocycles. The summed E-state index contributed by atoms with van der Waals surface area (Å²) in [6, 6.07) is 0. The van der Waals surface area contributed by atoms with Crippen molar-refractivity contribution >= 4 is 21.5 Å². The van der Waals surface area contributed by atoms with E-state index in [2.05, 4.69) is 12.7 Å². The smallest absolute Gasteiger partial charge is 0.321 e. The monoisotopic (exact) mass is 201 g/mol. The average Bonchev–Trinajstić information content (AvgIpc) is 2.46. The van der Waals surface area contributed by atoms with Crippen LogP contribution in [-0.4, -0.2) is 0 Å². The van der Waals surface area contributed by atoms with E-state index >= 15 is 0 Å². The molecule has 66 valence electrons. The molecule has 0 fully saturated rings. The van der Waals surface area contributed by atoms with E-state index in [1.54, 1.807) is 0 Å². The van der Waals surface area contributed by atoms with Crippen molar-refractivity contribution in [2.24, 2.45) is 0 Å². The normalized spacial score (nSPS) is 12.4. The zero-order valence-electron chi connectivity index (χ0n) is 7.18. The summed E-state index contributed by atoms with van der Waals surface area (Å²) in [4.78, 5) is 10.7. The summed E-state index contributed by atoms with van der Waals surface area (Å²) in [6.07, 6.45) is 1.75. The van der Waals surface area contributed by atoms with Gasteiger partial charge in [0, 0.05) is 0 Å². The quantitative estimate of drug-likeness (QED) is 0.547. The Labute approximate surface area is 75.0 Å². The maximum atomic E-state index is 10.7. The molecule has 4 heteroatoms. The summed E-state index contributed by atoms with van der Waals surface area (Å²) in [7, 11) is -1.96. The van der Waals surface area contributed by atoms with Crippen LogP contribution in [0.1, 0.15) is 24.7 Å². The molecule has 1 aromatic rings. The van der Waals surface area contributed by atoms with Gasteiger partial charge in [0.2, 0.25) is 0 Å². The van der Waals surface area contributed by atoms with Crippen molar-refractivity contribution in [1.82, 2.24) is 0 Å². The van der Waals surface area contributed by atoms with E-state index < -0.39 is 8.03 Å². The van der Waals surface area contributed by atoms with Crippen LogP contribution in [0.3, 0.4) is 0 Å². The van der Waals surface area contributed by atoms with Crippen LogP contribution in [0.5, 0.6) is 0 Å². The molecule has 0 aromatic carbocycles. The molecule has 0 amide bonds. The molecule has 0 radical (unpaired) electrons. The minimum Gasteiger partial charge on any atom is -0.592 e. The third kappa shape index (κ3) is 1.77. The molecule has 0 saturated carbocycles. The van der Waals surface area contributed by atoms with Crippen LogP contribution in [0.15, 0.2) is 0 Å². The van der Waals surface area contributed by atoms with Crippen LogP contribution in [0, 0.1) is 5.80 Å². The lowest BCUT2D eigenvalue weighted by Gasteiger charge is -2.07. The molecule has 1 heterocycles. The highest BCUT2D eigenvalue weighted by Gasteiger charge is 2.07. The first kappa shape index (κ1) is 9.92. The van der Waals surface area contributed by atoms with E-state index in [0.29, 0.717) is 13.5 Å². The highest BCUT2D eigenvalue weighted by atomic mass is 31.1. The third-order valence-corrected chi connectivity index (χ3v) is 4.16. The summed E-state index contributed by atoms with van der Waals surface area (Å²) in [5.41, 5.74) is 1.01. The standard InChI is InChI=1S/C8H11O2P2/c1-3-6-7(4-2)11-5-8(6)12(9)10/h11H,3-4H2,1-2H3/q-1. The van der Waals surface area contributed by atoms with Gasteiger partial charge in [0.05, 0.1) is 5.30 Å². The molecule has 1 aromatic heterocycles. The fourth-order valence-corrected chi connectivity index (χ4v) is 3.47. The summed E-state index contributed by atoms with van der Waals surface area (Å²) in [5.74, 6) is 2.93. The van der Waals surface area contributed by atoms with Crippen molar-refractivity contribution < 1.29 is 9.46 Å². The van der Waals surface area contributed by atoms with Crippen LogP contribution in [-0.2, 0) is 17.4 Å². The van der Waals surface area contributed by atoms with Crippen molar-refractivity contribution in [1.29, 1.82) is 0 Å². The molecule has 2 nitrogen and oxygen atoms in total. The lowest BCUT2D eigenvalue weighted by molar-refractivity contribution is -0.160. The molecule has 0 saturated heterocycles. The van der Waals surface area contributed by atoms with Gasteiger partial charge in [-0.3, -0.25) is 8.19 Å². The molecule has 2 unspecified atom stereocenters. The summed E-state index contributed by atoms with van der Waals surface area (Å²) in [5, 5.41) is 1.70. The van der Waals surface area contributed by atoms with Crippen molar-refractivity contribution in [3.8, 4) is 0 Å². The van der Waals surface area contributed by atoms with Gasteiger partial charge < -0.3 is 4.89 Å². The SMILES string of the molecule is CCc1[pH][c-]c([P+](=O)[O-])c1CC. The summed E-state index contributed by atoms with van der Waals surface area (Å²) in [6.45, 7) is 4.04. The molecule has 0 aliphatic rings. The van der Waals surface area contributed by atoms with Crippen molar-refractivity contribution in [3.63, 3.8) is 0 Å². The fraction of sp³-hybridized carbons (Fsp3) is 0.500. The van der Waals surface area contributed by atoms with Crippen LogP contribution >= 0.6 is 16.2 Å². The molecule has 2 atom stereocenters. The summed E-state index contributed by atoms with van der Waals surface area (Å²) >= 11 is 0. The van der Waals surface area contributed by atoms with E-state index in [4.69, 9.17) is 0 Å². The number of hydrogen-bond donors (Lipinski definition) is 0. The van der Waals surface area contributed by atoms with Crippen LogP contribution in [0.25, 0.3) is 0 Å². The van der Waals surface area contributed by atoms with Crippen molar-refractivity contribution in [3.05, 3.63) is 16.7 Å². The van der Waals surface area contributed by atoms with Gasteiger partial charge >= 0.3 is 8.03 Å². The second-order valence-electron chi connectivity index (χ2n) is 2.52. The van der Waals surface area contributed by atoms with E-state index in [1.165, 1.54) is 5.30 Å². The predicted molar refractivity (Wildman–Crippen MR) is 50.8 cm³/mol. The van der Waals surface area contributed by atoms with Crippen LogP contribution < -0.4 is 10.2 Å². The Morgan fingerprint density at radius 1 is 1.50 bits per heavy atom. The number of aryl methyl sites for hydroxylation is 1. The fourth-order valence-electron chi connectivity index (χ4n) is 1.27. The molecule has 0 bridgehead atoms. The highest BCUT2D eigenvalue weighted by Crippen LogP contribution is 2.25. The molecule has 0 aliphatic carbocycles. The summed E-state index contributed by atoms with van der Waals surface area (Å²) < 4.78 is 10.7.